The lowest BCUT2D eigenvalue weighted by molar-refractivity contribution is -0.442. The number of methoxy groups -OCH3 is 3. The fourth-order valence-electron chi connectivity index (χ4n) is 8.10. The number of nitrogens with one attached hydrogen (secondary N) is 1. The Labute approximate surface area is 362 Å². The number of nitrogens with zero attached hydrogens (tertiary/aromatic N) is 7. The monoisotopic (exact) mass is 842 g/mol. The Hall–Kier alpha value is -8.07. The van der Waals surface area contributed by atoms with Crippen LogP contribution in [-0.4, -0.2) is 92.1 Å². The Kier molecular flexibility index (Phi) is 11.0. The lowest BCUT2D eigenvalue weighted by atomic mass is 9.98. The highest BCUT2D eigenvalue weighted by Gasteiger charge is 2.35. The number of aromatic amines is 1. The standard InChI is InChI=1S/C48H44N9O6/c1-29(24-56-27-38(53-46(56)36-23-50-37-15-9-8-14-35(36)37)43(58)32-21-39(60-2)44(62-4)40(22-32)61-3)48(59)55-20-10-11-30(25-55)26-57-47-41(45(49)51-28-52-47)42(54-57)31-16-18-34(19-17-31)63-33-12-6-5-7-13-33/h5-9,12-19,21-23,26-28,30,50H,1,10-11,20,24-25H2,2-4H3,(H2,49,51,52)/q+1/b57-26+. The van der Waals surface area contributed by atoms with Gasteiger partial charge in [-0.1, -0.05) is 48.1 Å². The number of amides is 1. The first kappa shape index (κ1) is 40.3. The fourth-order valence-corrected chi connectivity index (χ4v) is 8.10. The highest BCUT2D eigenvalue weighted by molar-refractivity contribution is 6.18. The molecule has 3 N–H and O–H groups in total. The smallest absolute Gasteiger partial charge is 0.363 e. The molecule has 316 valence electrons. The van der Waals surface area contributed by atoms with Gasteiger partial charge in [-0.3, -0.25) is 9.59 Å². The minimum absolute atomic E-state index is 0.0537. The molecule has 15 heteroatoms. The summed E-state index contributed by atoms with van der Waals surface area (Å²) in [5.74, 6) is 3.24. The number of nitrogen functional groups attached to an aromatic ring is 1. The van der Waals surface area contributed by atoms with E-state index in [1.54, 1.807) is 27.6 Å². The third-order valence-corrected chi connectivity index (χ3v) is 11.2. The minimum atomic E-state index is -0.365. The number of H-pyrrole nitrogens is 1. The average molecular weight is 843 g/mol. The van der Waals surface area contributed by atoms with Crippen molar-refractivity contribution in [2.45, 2.75) is 19.4 Å². The second-order valence-corrected chi connectivity index (χ2v) is 15.2. The van der Waals surface area contributed by atoms with Crippen LogP contribution in [0, 0.1) is 5.92 Å². The van der Waals surface area contributed by atoms with Gasteiger partial charge in [0.25, 0.3) is 5.91 Å². The number of rotatable bonds is 13. The van der Waals surface area contributed by atoms with Crippen LogP contribution in [-0.2, 0) is 11.3 Å². The quantitative estimate of drug-likeness (QED) is 0.0675. The number of carbonyl (C=O) groups excluding carboxylic acids is 2. The van der Waals surface area contributed by atoms with Crippen LogP contribution in [0.25, 0.3) is 22.3 Å². The maximum Gasteiger partial charge on any atom is 0.363 e. The summed E-state index contributed by atoms with van der Waals surface area (Å²) in [6, 6.07) is 28.2. The lowest BCUT2D eigenvalue weighted by Gasteiger charge is -2.31. The number of piperidine rings is 1. The summed E-state index contributed by atoms with van der Waals surface area (Å²) in [5.41, 5.74) is 11.0. The molecular formula is C48H44N9O6+. The molecule has 2 aliphatic rings. The zero-order valence-electron chi connectivity index (χ0n) is 34.9. The van der Waals surface area contributed by atoms with Crippen molar-refractivity contribution < 1.29 is 33.2 Å². The number of nitrogens with two attached hydrogens (primary N) is 1. The SMILES string of the molecule is C=C(Cn1cc(C(=O)c2cc(OC)c(OC)c(OC)c2)nc1-c1c[nH]c2ccccc12)C(=O)N1CCCC(/C=[N+]2/N=C(c3ccc(Oc4ccccc4)cc3)c3c(N)ncnc32)C1. The van der Waals surface area contributed by atoms with E-state index in [1.807, 2.05) is 96.2 Å². The molecule has 7 aromatic rings. The molecule has 0 radical (unpaired) electrons. The minimum Gasteiger partial charge on any atom is -0.493 e. The second-order valence-electron chi connectivity index (χ2n) is 15.2. The lowest BCUT2D eigenvalue weighted by Crippen LogP contribution is -2.42. The van der Waals surface area contributed by atoms with Crippen molar-refractivity contribution in [2.75, 3.05) is 40.2 Å². The van der Waals surface area contributed by atoms with Crippen LogP contribution in [0.4, 0.5) is 11.6 Å². The van der Waals surface area contributed by atoms with E-state index in [0.717, 1.165) is 40.6 Å². The van der Waals surface area contributed by atoms with Crippen LogP contribution in [0.1, 0.15) is 40.0 Å². The molecule has 1 fully saturated rings. The fraction of sp³-hybridized carbons (Fsp3) is 0.188. The van der Waals surface area contributed by atoms with E-state index < -0.39 is 0 Å². The summed E-state index contributed by atoms with van der Waals surface area (Å²) < 4.78 is 26.1. The molecule has 0 spiro atoms. The molecule has 2 aliphatic heterocycles. The second kappa shape index (κ2) is 17.1. The summed E-state index contributed by atoms with van der Waals surface area (Å²) in [5, 5.41) is 5.88. The van der Waals surface area contributed by atoms with Gasteiger partial charge in [0.1, 0.15) is 46.3 Å². The molecule has 4 aromatic carbocycles. The average Bonchev–Trinajstić information content (AvgIpc) is 4.04. The predicted octanol–water partition coefficient (Wildman–Crippen LogP) is 7.43. The predicted molar refractivity (Wildman–Crippen MR) is 239 cm³/mol. The molecule has 3 aromatic heterocycles. The van der Waals surface area contributed by atoms with Crippen molar-refractivity contribution in [2.24, 2.45) is 11.0 Å². The van der Waals surface area contributed by atoms with E-state index in [4.69, 9.17) is 34.8 Å². The first-order chi connectivity index (χ1) is 30.7. The third kappa shape index (κ3) is 7.87. The van der Waals surface area contributed by atoms with Crippen molar-refractivity contribution in [3.8, 4) is 40.1 Å². The Bertz CT molecular complexity index is 2930. The van der Waals surface area contributed by atoms with E-state index in [9.17, 15) is 9.59 Å². The Balaban J connectivity index is 0.965. The van der Waals surface area contributed by atoms with Crippen molar-refractivity contribution in [1.82, 2.24) is 29.4 Å². The Morgan fingerprint density at radius 2 is 1.67 bits per heavy atom. The number of hydrogen-bond acceptors (Lipinski definition) is 11. The van der Waals surface area contributed by atoms with Gasteiger partial charge in [0.2, 0.25) is 17.9 Å². The normalized spacial score (nSPS) is 15.2. The van der Waals surface area contributed by atoms with Gasteiger partial charge in [0.15, 0.2) is 11.5 Å². The highest BCUT2D eigenvalue weighted by Crippen LogP contribution is 2.39. The van der Waals surface area contributed by atoms with Gasteiger partial charge in [-0.25, -0.2) is 4.98 Å². The third-order valence-electron chi connectivity index (χ3n) is 11.2. The van der Waals surface area contributed by atoms with E-state index >= 15 is 0 Å². The van der Waals surface area contributed by atoms with E-state index in [1.165, 1.54) is 27.7 Å². The number of anilines is 1. The van der Waals surface area contributed by atoms with Crippen molar-refractivity contribution >= 4 is 46.2 Å². The Morgan fingerprint density at radius 1 is 0.937 bits per heavy atom. The molecule has 0 saturated carbocycles. The van der Waals surface area contributed by atoms with Gasteiger partial charge in [0, 0.05) is 64.6 Å². The number of benzene rings is 4. The van der Waals surface area contributed by atoms with Crippen LogP contribution in [0.2, 0.25) is 0 Å². The first-order valence-electron chi connectivity index (χ1n) is 20.3. The maximum absolute atomic E-state index is 14.3. The zero-order valence-corrected chi connectivity index (χ0v) is 34.9. The van der Waals surface area contributed by atoms with Crippen molar-refractivity contribution in [1.29, 1.82) is 0 Å². The summed E-state index contributed by atoms with van der Waals surface area (Å²) >= 11 is 0. The largest absolute Gasteiger partial charge is 0.493 e. The number of likely N-dealkylation sites (tertiary alicyclic amines) is 1. The van der Waals surface area contributed by atoms with Gasteiger partial charge in [-0.2, -0.15) is 4.98 Å². The Morgan fingerprint density at radius 3 is 2.41 bits per heavy atom. The number of ether oxygens (including phenoxy) is 4. The van der Waals surface area contributed by atoms with E-state index in [0.29, 0.717) is 76.0 Å². The van der Waals surface area contributed by atoms with E-state index in [-0.39, 0.29) is 29.8 Å². The van der Waals surface area contributed by atoms with E-state index in [2.05, 4.69) is 21.5 Å². The summed E-state index contributed by atoms with van der Waals surface area (Å²) in [7, 11) is 4.48. The highest BCUT2D eigenvalue weighted by atomic mass is 16.5. The molecule has 1 atom stereocenters. The molecule has 0 aliphatic carbocycles. The van der Waals surface area contributed by atoms with Crippen molar-refractivity contribution in [3.05, 3.63) is 144 Å². The molecule has 0 bridgehead atoms. The number of fused-ring (bicyclic) bond motifs is 2. The molecule has 63 heavy (non-hydrogen) atoms. The number of carbonyl (C=O) groups is 2. The number of imidazole rings is 1. The number of aromatic nitrogens is 5. The topological polar surface area (TPSA) is 175 Å². The van der Waals surface area contributed by atoms with Gasteiger partial charge < -0.3 is 39.1 Å². The first-order valence-corrected chi connectivity index (χ1v) is 20.3. The van der Waals surface area contributed by atoms with Crippen LogP contribution in [0.15, 0.2) is 127 Å². The van der Waals surface area contributed by atoms with Gasteiger partial charge in [-0.05, 0) is 72.4 Å². The molecule has 9 rings (SSSR count). The number of hydrogen-bond donors (Lipinski definition) is 2. The molecule has 1 saturated heterocycles. The van der Waals surface area contributed by atoms with Crippen LogP contribution >= 0.6 is 0 Å². The summed E-state index contributed by atoms with van der Waals surface area (Å²) in [6.07, 6.45) is 8.54. The maximum atomic E-state index is 14.3. The summed E-state index contributed by atoms with van der Waals surface area (Å²) in [6.45, 7) is 5.35. The molecule has 1 unspecified atom stereocenters. The van der Waals surface area contributed by atoms with Crippen LogP contribution in [0.3, 0.4) is 0 Å². The van der Waals surface area contributed by atoms with Gasteiger partial charge in [0.05, 0.1) is 27.9 Å². The van der Waals surface area contributed by atoms with Gasteiger partial charge >= 0.3 is 5.82 Å². The zero-order chi connectivity index (χ0) is 43.6. The summed E-state index contributed by atoms with van der Waals surface area (Å²) in [4.78, 5) is 47.2. The number of hydrazone groups is 1. The van der Waals surface area contributed by atoms with Crippen molar-refractivity contribution in [3.63, 3.8) is 0 Å². The van der Waals surface area contributed by atoms with Crippen LogP contribution in [0.5, 0.6) is 28.7 Å². The van der Waals surface area contributed by atoms with Gasteiger partial charge in [-0.15, -0.1) is 4.68 Å². The molecular weight excluding hydrogens is 799 g/mol. The molecule has 1 amide bonds. The van der Waals surface area contributed by atoms with Crippen LogP contribution < -0.4 is 24.7 Å². The molecule has 15 nitrogen and oxygen atoms in total. The molecule has 5 heterocycles. The number of para-hydroxylation sites is 2. The number of ketones is 1.